The molecule has 0 saturated carbocycles. The van der Waals surface area contributed by atoms with Crippen molar-refractivity contribution in [2.45, 2.75) is 6.92 Å². The quantitative estimate of drug-likeness (QED) is 0.436. The molecule has 1 aliphatic heterocycles. The minimum atomic E-state index is -0.702. The van der Waals surface area contributed by atoms with Crippen LogP contribution in [0.5, 0.6) is 0 Å². The Kier molecular flexibility index (Phi) is 2.07. The molecule has 2 aromatic rings. The average molecular weight is 240 g/mol. The molecule has 4 heteroatoms. The normalized spacial score (nSPS) is 13.6. The van der Waals surface area contributed by atoms with E-state index >= 15 is 0 Å². The van der Waals surface area contributed by atoms with Crippen LogP contribution in [-0.2, 0) is 4.74 Å². The largest absolute Gasteiger partial charge is 0.386 e. The molecule has 0 aromatic heterocycles. The number of cyclic esters (lactones) is 2. The summed E-state index contributed by atoms with van der Waals surface area (Å²) in [5.41, 5.74) is 1.06. The molecular weight excluding hydrogens is 232 g/mol. The Labute approximate surface area is 102 Å². The topological polar surface area (TPSA) is 60.4 Å². The van der Waals surface area contributed by atoms with Crippen molar-refractivity contribution in [3.05, 3.63) is 47.0 Å². The van der Waals surface area contributed by atoms with Gasteiger partial charge in [-0.3, -0.25) is 4.79 Å². The molecule has 0 fully saturated rings. The van der Waals surface area contributed by atoms with E-state index in [1.165, 1.54) is 13.0 Å². The van der Waals surface area contributed by atoms with Crippen molar-refractivity contribution in [3.8, 4) is 0 Å². The predicted octanol–water partition coefficient (Wildman–Crippen LogP) is 2.35. The first kappa shape index (κ1) is 10.7. The van der Waals surface area contributed by atoms with Crippen molar-refractivity contribution in [3.63, 3.8) is 0 Å². The van der Waals surface area contributed by atoms with Gasteiger partial charge in [-0.1, -0.05) is 12.1 Å². The molecule has 18 heavy (non-hydrogen) atoms. The smallest absolute Gasteiger partial charge is 0.346 e. The highest BCUT2D eigenvalue weighted by atomic mass is 16.6. The second-order valence-electron chi connectivity index (χ2n) is 4.16. The summed E-state index contributed by atoms with van der Waals surface area (Å²) in [4.78, 5) is 34.7. The molecule has 0 radical (unpaired) electrons. The van der Waals surface area contributed by atoms with E-state index in [2.05, 4.69) is 4.74 Å². The third kappa shape index (κ3) is 1.35. The number of carbonyl (C=O) groups excluding carboxylic acids is 3. The summed E-state index contributed by atoms with van der Waals surface area (Å²) >= 11 is 0. The van der Waals surface area contributed by atoms with Crippen molar-refractivity contribution in [1.82, 2.24) is 0 Å². The van der Waals surface area contributed by atoms with Gasteiger partial charge < -0.3 is 4.74 Å². The van der Waals surface area contributed by atoms with Crippen LogP contribution in [-0.4, -0.2) is 17.7 Å². The summed E-state index contributed by atoms with van der Waals surface area (Å²) in [6.45, 7) is 1.43. The average Bonchev–Trinajstić information content (AvgIpc) is 2.35. The van der Waals surface area contributed by atoms with Gasteiger partial charge in [-0.25, -0.2) is 9.59 Å². The molecule has 1 aliphatic rings. The lowest BCUT2D eigenvalue weighted by molar-refractivity contribution is 0.0391. The number of benzene rings is 2. The highest BCUT2D eigenvalue weighted by Gasteiger charge is 2.27. The molecule has 0 unspecified atom stereocenters. The van der Waals surface area contributed by atoms with Crippen LogP contribution in [0.2, 0.25) is 0 Å². The summed E-state index contributed by atoms with van der Waals surface area (Å²) in [5.74, 6) is -1.48. The second kappa shape index (κ2) is 3.50. The van der Waals surface area contributed by atoms with E-state index in [0.717, 1.165) is 0 Å². The van der Waals surface area contributed by atoms with Gasteiger partial charge >= 0.3 is 11.9 Å². The first-order chi connectivity index (χ1) is 8.58. The second-order valence-corrected chi connectivity index (χ2v) is 4.16. The molecule has 0 atom stereocenters. The van der Waals surface area contributed by atoms with Gasteiger partial charge in [0.05, 0.1) is 11.1 Å². The fourth-order valence-corrected chi connectivity index (χ4v) is 2.16. The van der Waals surface area contributed by atoms with E-state index in [0.29, 0.717) is 21.9 Å². The maximum atomic E-state index is 11.7. The van der Waals surface area contributed by atoms with Gasteiger partial charge in [0.25, 0.3) is 0 Å². The number of rotatable bonds is 1. The maximum Gasteiger partial charge on any atom is 0.346 e. The lowest BCUT2D eigenvalue weighted by Crippen LogP contribution is -2.20. The number of Topliss-reactive ketones (excluding diaryl/α,β-unsaturated/α-hetero) is 1. The van der Waals surface area contributed by atoms with Crippen LogP contribution in [0.3, 0.4) is 0 Å². The zero-order valence-electron chi connectivity index (χ0n) is 9.52. The molecule has 0 spiro atoms. The van der Waals surface area contributed by atoms with Crippen LogP contribution in [0.4, 0.5) is 0 Å². The fraction of sp³-hybridized carbons (Fsp3) is 0.0714. The number of carbonyl (C=O) groups is 3. The van der Waals surface area contributed by atoms with Crippen LogP contribution in [0.15, 0.2) is 30.3 Å². The highest BCUT2D eigenvalue weighted by Crippen LogP contribution is 2.29. The molecule has 0 saturated heterocycles. The SMILES string of the molecule is CC(=O)c1cc2c3c(cccc3c1)C(=O)OC2=O. The minimum absolute atomic E-state index is 0.136. The highest BCUT2D eigenvalue weighted by molar-refractivity contribution is 6.21. The standard InChI is InChI=1S/C14H8O4/c1-7(15)9-5-8-3-2-4-10-12(8)11(6-9)14(17)18-13(10)16/h2-6H,1H3. The molecule has 0 aliphatic carbocycles. The Hall–Kier alpha value is -2.49. The van der Waals surface area contributed by atoms with E-state index in [-0.39, 0.29) is 11.3 Å². The van der Waals surface area contributed by atoms with Gasteiger partial charge in [-0.15, -0.1) is 0 Å². The first-order valence-electron chi connectivity index (χ1n) is 5.42. The molecule has 3 rings (SSSR count). The van der Waals surface area contributed by atoms with Crippen molar-refractivity contribution >= 4 is 28.5 Å². The third-order valence-electron chi connectivity index (χ3n) is 3.01. The number of ether oxygens (including phenoxy) is 1. The maximum absolute atomic E-state index is 11.7. The van der Waals surface area contributed by atoms with Gasteiger partial charge in [0.15, 0.2) is 5.78 Å². The Morgan fingerprint density at radius 3 is 2.50 bits per heavy atom. The van der Waals surface area contributed by atoms with Gasteiger partial charge in [0.1, 0.15) is 0 Å². The molecule has 1 heterocycles. The van der Waals surface area contributed by atoms with Crippen molar-refractivity contribution < 1.29 is 19.1 Å². The fourth-order valence-electron chi connectivity index (χ4n) is 2.16. The van der Waals surface area contributed by atoms with Crippen LogP contribution >= 0.6 is 0 Å². The summed E-state index contributed by atoms with van der Waals surface area (Å²) in [7, 11) is 0. The Morgan fingerprint density at radius 2 is 1.78 bits per heavy atom. The number of esters is 2. The molecule has 0 N–H and O–H groups in total. The van der Waals surface area contributed by atoms with Crippen molar-refractivity contribution in [2.24, 2.45) is 0 Å². The summed E-state index contributed by atoms with van der Waals surface area (Å²) < 4.78 is 4.65. The van der Waals surface area contributed by atoms with E-state index in [9.17, 15) is 14.4 Å². The summed E-state index contributed by atoms with van der Waals surface area (Å²) in [6, 6.07) is 8.22. The van der Waals surface area contributed by atoms with Crippen molar-refractivity contribution in [1.29, 1.82) is 0 Å². The Balaban J connectivity index is 2.48. The van der Waals surface area contributed by atoms with Crippen molar-refractivity contribution in [2.75, 3.05) is 0 Å². The molecular formula is C14H8O4. The number of hydrogen-bond donors (Lipinski definition) is 0. The lowest BCUT2D eigenvalue weighted by atomic mass is 9.94. The molecule has 4 nitrogen and oxygen atoms in total. The van der Waals surface area contributed by atoms with Crippen LogP contribution < -0.4 is 0 Å². The third-order valence-corrected chi connectivity index (χ3v) is 3.01. The van der Waals surface area contributed by atoms with Gasteiger partial charge in [-0.2, -0.15) is 0 Å². The van der Waals surface area contributed by atoms with Crippen LogP contribution in [0.25, 0.3) is 10.8 Å². The van der Waals surface area contributed by atoms with Gasteiger partial charge in [0, 0.05) is 10.9 Å². The summed E-state index contributed by atoms with van der Waals surface area (Å²) in [6.07, 6.45) is 0. The Morgan fingerprint density at radius 1 is 1.06 bits per heavy atom. The number of hydrogen-bond acceptors (Lipinski definition) is 4. The summed E-state index contributed by atoms with van der Waals surface area (Å²) in [5, 5.41) is 1.25. The van der Waals surface area contributed by atoms with Gasteiger partial charge in [-0.05, 0) is 30.5 Å². The zero-order valence-corrected chi connectivity index (χ0v) is 9.52. The minimum Gasteiger partial charge on any atom is -0.386 e. The molecule has 88 valence electrons. The van der Waals surface area contributed by atoms with E-state index in [1.54, 1.807) is 24.3 Å². The molecule has 2 aromatic carbocycles. The van der Waals surface area contributed by atoms with Crippen LogP contribution in [0, 0.1) is 0 Å². The van der Waals surface area contributed by atoms with Gasteiger partial charge in [0.2, 0.25) is 0 Å². The van der Waals surface area contributed by atoms with E-state index < -0.39 is 11.9 Å². The van der Waals surface area contributed by atoms with Crippen LogP contribution in [0.1, 0.15) is 38.0 Å². The molecule has 0 bridgehead atoms. The number of ketones is 1. The first-order valence-corrected chi connectivity index (χ1v) is 5.42. The van der Waals surface area contributed by atoms with E-state index in [1.807, 2.05) is 0 Å². The van der Waals surface area contributed by atoms with E-state index in [4.69, 9.17) is 0 Å². The Bertz CT molecular complexity index is 728. The monoisotopic (exact) mass is 240 g/mol. The predicted molar refractivity (Wildman–Crippen MR) is 63.7 cm³/mol. The molecule has 0 amide bonds. The lowest BCUT2D eigenvalue weighted by Gasteiger charge is -2.16. The zero-order chi connectivity index (χ0) is 12.9.